The normalized spacial score (nSPS) is 14.5. The minimum atomic E-state index is -0.134. The van der Waals surface area contributed by atoms with E-state index in [-0.39, 0.29) is 5.91 Å². The van der Waals surface area contributed by atoms with Crippen molar-refractivity contribution in [2.75, 3.05) is 11.9 Å². The van der Waals surface area contributed by atoms with Crippen LogP contribution in [0.3, 0.4) is 0 Å². The number of nitrogens with zero attached hydrogens (tertiary/aromatic N) is 1. The van der Waals surface area contributed by atoms with Crippen molar-refractivity contribution in [2.45, 2.75) is 38.1 Å². The number of carbonyl (C=O) groups excluding carboxylic acids is 1. The molecule has 1 aromatic carbocycles. The van der Waals surface area contributed by atoms with E-state index in [2.05, 4.69) is 15.6 Å². The molecule has 0 spiro atoms. The molecule has 4 nitrogen and oxygen atoms in total. The van der Waals surface area contributed by atoms with Crippen molar-refractivity contribution < 1.29 is 4.79 Å². The van der Waals surface area contributed by atoms with Crippen LogP contribution in [-0.2, 0) is 6.42 Å². The fraction of sp³-hybridized carbons (Fsp3) is 0.368. The first-order chi connectivity index (χ1) is 12.1. The maximum Gasteiger partial charge on any atom is 0.252 e. The first-order valence-electron chi connectivity index (χ1n) is 8.56. The van der Waals surface area contributed by atoms with Gasteiger partial charge in [0, 0.05) is 28.8 Å². The van der Waals surface area contributed by atoms with Crippen molar-refractivity contribution in [3.8, 4) is 0 Å². The van der Waals surface area contributed by atoms with Gasteiger partial charge in [-0.1, -0.05) is 42.1 Å². The molecule has 0 saturated heterocycles. The summed E-state index contributed by atoms with van der Waals surface area (Å²) in [5.41, 5.74) is 1.51. The maximum absolute atomic E-state index is 12.2. The number of anilines is 1. The number of aromatic nitrogens is 1. The Bertz CT molecular complexity index is 728. The fourth-order valence-electron chi connectivity index (χ4n) is 3.03. The molecule has 1 aromatic heterocycles. The lowest BCUT2D eigenvalue weighted by Crippen LogP contribution is -2.26. The molecule has 25 heavy (non-hydrogen) atoms. The number of nitrogens with one attached hydrogen (secondary N) is 2. The molecule has 0 bridgehead atoms. The monoisotopic (exact) mass is 377 g/mol. The summed E-state index contributed by atoms with van der Waals surface area (Å²) in [7, 11) is 0. The SMILES string of the molecule is O=C(NCCc1ccc(Cl)cc1Cl)c1ccc(NC2CCCC2)nc1. The second kappa shape index (κ2) is 8.54. The van der Waals surface area contributed by atoms with Gasteiger partial charge in [0.05, 0.1) is 5.56 Å². The summed E-state index contributed by atoms with van der Waals surface area (Å²) in [4.78, 5) is 16.5. The van der Waals surface area contributed by atoms with Crippen molar-refractivity contribution in [3.05, 3.63) is 57.7 Å². The number of benzene rings is 1. The molecule has 1 fully saturated rings. The molecule has 0 aliphatic heterocycles. The zero-order chi connectivity index (χ0) is 17.6. The Morgan fingerprint density at radius 2 is 1.96 bits per heavy atom. The van der Waals surface area contributed by atoms with Crippen molar-refractivity contribution in [3.63, 3.8) is 0 Å². The Morgan fingerprint density at radius 3 is 2.64 bits per heavy atom. The third-order valence-corrected chi connectivity index (χ3v) is 5.01. The van der Waals surface area contributed by atoms with Gasteiger partial charge in [0.25, 0.3) is 5.91 Å². The van der Waals surface area contributed by atoms with Gasteiger partial charge in [-0.15, -0.1) is 0 Å². The molecule has 132 valence electrons. The molecule has 0 radical (unpaired) electrons. The number of rotatable bonds is 6. The molecule has 1 saturated carbocycles. The van der Waals surface area contributed by atoms with E-state index >= 15 is 0 Å². The second-order valence-electron chi connectivity index (χ2n) is 6.30. The average molecular weight is 378 g/mol. The molecule has 1 amide bonds. The lowest BCUT2D eigenvalue weighted by molar-refractivity contribution is 0.0954. The van der Waals surface area contributed by atoms with Crippen LogP contribution in [0.2, 0.25) is 10.0 Å². The van der Waals surface area contributed by atoms with Crippen LogP contribution in [0.15, 0.2) is 36.5 Å². The number of pyridine rings is 1. The first kappa shape index (κ1) is 18.0. The number of halogens is 2. The Morgan fingerprint density at radius 1 is 1.16 bits per heavy atom. The van der Waals surface area contributed by atoms with E-state index < -0.39 is 0 Å². The fourth-order valence-corrected chi connectivity index (χ4v) is 3.53. The summed E-state index contributed by atoms with van der Waals surface area (Å²) in [5, 5.41) is 7.53. The summed E-state index contributed by atoms with van der Waals surface area (Å²) < 4.78 is 0. The van der Waals surface area contributed by atoms with Gasteiger partial charge in [-0.05, 0) is 49.1 Å². The van der Waals surface area contributed by atoms with E-state index in [1.807, 2.05) is 12.1 Å². The third-order valence-electron chi connectivity index (χ3n) is 4.43. The van der Waals surface area contributed by atoms with Crippen LogP contribution in [0, 0.1) is 0 Å². The minimum Gasteiger partial charge on any atom is -0.367 e. The molecule has 3 rings (SSSR count). The lowest BCUT2D eigenvalue weighted by atomic mass is 10.1. The van der Waals surface area contributed by atoms with Gasteiger partial charge < -0.3 is 10.6 Å². The molecule has 1 aliphatic carbocycles. The number of amides is 1. The number of hydrogen-bond donors (Lipinski definition) is 2. The third kappa shape index (κ3) is 5.10. The highest BCUT2D eigenvalue weighted by molar-refractivity contribution is 6.35. The Hall–Kier alpha value is -1.78. The highest BCUT2D eigenvalue weighted by atomic mass is 35.5. The van der Waals surface area contributed by atoms with Crippen LogP contribution in [0.5, 0.6) is 0 Å². The quantitative estimate of drug-likeness (QED) is 0.765. The van der Waals surface area contributed by atoms with E-state index in [0.717, 1.165) is 11.4 Å². The predicted molar refractivity (Wildman–Crippen MR) is 103 cm³/mol. The van der Waals surface area contributed by atoms with Gasteiger partial charge in [0.15, 0.2) is 0 Å². The second-order valence-corrected chi connectivity index (χ2v) is 7.14. The molecule has 6 heteroatoms. The van der Waals surface area contributed by atoms with Crippen molar-refractivity contribution in [2.24, 2.45) is 0 Å². The summed E-state index contributed by atoms with van der Waals surface area (Å²) in [5.74, 6) is 0.696. The predicted octanol–water partition coefficient (Wildman–Crippen LogP) is 4.72. The number of hydrogen-bond acceptors (Lipinski definition) is 3. The maximum atomic E-state index is 12.2. The van der Waals surface area contributed by atoms with E-state index in [4.69, 9.17) is 23.2 Å². The van der Waals surface area contributed by atoms with Crippen LogP contribution in [0.25, 0.3) is 0 Å². The highest BCUT2D eigenvalue weighted by Crippen LogP contribution is 2.22. The van der Waals surface area contributed by atoms with Crippen molar-refractivity contribution in [1.29, 1.82) is 0 Å². The van der Waals surface area contributed by atoms with Gasteiger partial charge in [-0.2, -0.15) is 0 Å². The molecule has 1 aliphatic rings. The molecule has 2 N–H and O–H groups in total. The molecule has 0 atom stereocenters. The lowest BCUT2D eigenvalue weighted by Gasteiger charge is -2.12. The highest BCUT2D eigenvalue weighted by Gasteiger charge is 2.15. The topological polar surface area (TPSA) is 54.0 Å². The van der Waals surface area contributed by atoms with Crippen LogP contribution in [0.4, 0.5) is 5.82 Å². The summed E-state index contributed by atoms with van der Waals surface area (Å²) in [6.07, 6.45) is 7.19. The zero-order valence-corrected chi connectivity index (χ0v) is 15.4. The first-order valence-corrected chi connectivity index (χ1v) is 9.32. The van der Waals surface area contributed by atoms with Gasteiger partial charge in [0.2, 0.25) is 0 Å². The molecule has 1 heterocycles. The Kier molecular flexibility index (Phi) is 6.16. The summed E-state index contributed by atoms with van der Waals surface area (Å²) in [6.45, 7) is 0.502. The zero-order valence-electron chi connectivity index (χ0n) is 13.9. The molecule has 2 aromatic rings. The minimum absolute atomic E-state index is 0.134. The summed E-state index contributed by atoms with van der Waals surface area (Å²) in [6, 6.07) is 9.56. The van der Waals surface area contributed by atoms with Crippen molar-refractivity contribution in [1.82, 2.24) is 10.3 Å². The van der Waals surface area contributed by atoms with E-state index in [1.165, 1.54) is 25.7 Å². The van der Waals surface area contributed by atoms with Gasteiger partial charge >= 0.3 is 0 Å². The van der Waals surface area contributed by atoms with Crippen LogP contribution in [0.1, 0.15) is 41.6 Å². The van der Waals surface area contributed by atoms with Crippen LogP contribution >= 0.6 is 23.2 Å². The van der Waals surface area contributed by atoms with Gasteiger partial charge in [0.1, 0.15) is 5.82 Å². The standard InChI is InChI=1S/C19H21Cl2N3O/c20-15-7-5-13(17(21)11-15)9-10-22-19(25)14-6-8-18(23-12-14)24-16-3-1-2-4-16/h5-8,11-12,16H,1-4,9-10H2,(H,22,25)(H,23,24). The van der Waals surface area contributed by atoms with Gasteiger partial charge in [-0.25, -0.2) is 4.98 Å². The van der Waals surface area contributed by atoms with E-state index in [0.29, 0.717) is 34.6 Å². The number of carbonyl (C=O) groups is 1. The van der Waals surface area contributed by atoms with Crippen LogP contribution < -0.4 is 10.6 Å². The summed E-state index contributed by atoms with van der Waals surface area (Å²) >= 11 is 12.0. The average Bonchev–Trinajstić information content (AvgIpc) is 3.10. The molecular formula is C19H21Cl2N3O. The van der Waals surface area contributed by atoms with E-state index in [9.17, 15) is 4.79 Å². The largest absolute Gasteiger partial charge is 0.367 e. The molecular weight excluding hydrogens is 357 g/mol. The van der Waals surface area contributed by atoms with Gasteiger partial charge in [-0.3, -0.25) is 4.79 Å². The Labute approximate surface area is 157 Å². The van der Waals surface area contributed by atoms with Crippen molar-refractivity contribution >= 4 is 34.9 Å². The Balaban J connectivity index is 1.49. The van der Waals surface area contributed by atoms with Crippen LogP contribution in [-0.4, -0.2) is 23.5 Å². The van der Waals surface area contributed by atoms with E-state index in [1.54, 1.807) is 24.4 Å². The smallest absolute Gasteiger partial charge is 0.252 e. The molecule has 0 unspecified atom stereocenters.